The molecular formula is C16H28O3S2. The Morgan fingerprint density at radius 2 is 1.71 bits per heavy atom. The monoisotopic (exact) mass is 332 g/mol. The lowest BCUT2D eigenvalue weighted by Gasteiger charge is -2.05. The van der Waals surface area contributed by atoms with Gasteiger partial charge in [-0.25, -0.2) is 4.79 Å². The van der Waals surface area contributed by atoms with Crippen molar-refractivity contribution in [3.8, 4) is 0 Å². The number of carbonyl (C=O) groups excluding carboxylic acids is 2. The molecular weight excluding hydrogens is 304 g/mol. The van der Waals surface area contributed by atoms with Crippen LogP contribution in [0.4, 0.5) is 0 Å². The third-order valence-electron chi connectivity index (χ3n) is 2.89. The highest BCUT2D eigenvalue weighted by Gasteiger charge is 2.18. The quantitative estimate of drug-likeness (QED) is 0.164. The second-order valence-electron chi connectivity index (χ2n) is 4.75. The van der Waals surface area contributed by atoms with Crippen molar-refractivity contribution in [1.82, 2.24) is 0 Å². The molecule has 0 fully saturated rings. The number of hydrogen-bond donors (Lipinski definition) is 0. The zero-order chi connectivity index (χ0) is 15.9. The lowest BCUT2D eigenvalue weighted by Crippen LogP contribution is -2.17. The molecule has 0 aliphatic carbocycles. The minimum Gasteiger partial charge on any atom is -0.462 e. The minimum absolute atomic E-state index is 0.142. The molecule has 0 amide bonds. The number of rotatable bonds is 13. The maximum absolute atomic E-state index is 11.9. The molecule has 122 valence electrons. The van der Waals surface area contributed by atoms with Crippen LogP contribution in [0.25, 0.3) is 0 Å². The van der Waals surface area contributed by atoms with Crippen LogP contribution in [-0.4, -0.2) is 36.1 Å². The van der Waals surface area contributed by atoms with Gasteiger partial charge in [-0.3, -0.25) is 4.79 Å². The van der Waals surface area contributed by atoms with Crippen molar-refractivity contribution in [2.45, 2.75) is 52.4 Å². The van der Waals surface area contributed by atoms with Crippen molar-refractivity contribution in [2.24, 2.45) is 0 Å². The number of thioether (sulfide) groups is 2. The van der Waals surface area contributed by atoms with Gasteiger partial charge < -0.3 is 4.74 Å². The number of ketones is 1. The molecule has 0 unspecified atom stereocenters. The third-order valence-corrected chi connectivity index (χ3v) is 4.37. The number of carbonyl (C=O) groups is 2. The van der Waals surface area contributed by atoms with Gasteiger partial charge in [0.05, 0.1) is 12.4 Å². The van der Waals surface area contributed by atoms with Crippen LogP contribution in [0.5, 0.6) is 0 Å². The summed E-state index contributed by atoms with van der Waals surface area (Å²) in [7, 11) is 0. The molecule has 0 atom stereocenters. The highest BCUT2D eigenvalue weighted by atomic mass is 32.2. The Hall–Kier alpha value is -0.420. The largest absolute Gasteiger partial charge is 0.462 e. The summed E-state index contributed by atoms with van der Waals surface area (Å²) in [6, 6.07) is 0. The van der Waals surface area contributed by atoms with Gasteiger partial charge in [0, 0.05) is 0 Å². The Kier molecular flexibility index (Phi) is 14.2. The predicted molar refractivity (Wildman–Crippen MR) is 93.9 cm³/mol. The van der Waals surface area contributed by atoms with E-state index < -0.39 is 5.97 Å². The molecule has 3 nitrogen and oxygen atoms in total. The molecule has 0 saturated heterocycles. The normalized spacial score (nSPS) is 11.5. The third kappa shape index (κ3) is 10.9. The molecule has 5 heteroatoms. The van der Waals surface area contributed by atoms with Crippen LogP contribution in [0.3, 0.4) is 0 Å². The summed E-state index contributed by atoms with van der Waals surface area (Å²) in [5.41, 5.74) is 0.196. The Morgan fingerprint density at radius 3 is 2.33 bits per heavy atom. The van der Waals surface area contributed by atoms with E-state index in [9.17, 15) is 9.59 Å². The van der Waals surface area contributed by atoms with Gasteiger partial charge >= 0.3 is 5.97 Å². The average Bonchev–Trinajstić information content (AvgIpc) is 2.46. The number of hydrogen-bond acceptors (Lipinski definition) is 5. The summed E-state index contributed by atoms with van der Waals surface area (Å²) in [4.78, 5) is 23.7. The fourth-order valence-corrected chi connectivity index (χ4v) is 3.05. The van der Waals surface area contributed by atoms with Gasteiger partial charge in [0.15, 0.2) is 5.78 Å². The zero-order valence-corrected chi connectivity index (χ0v) is 15.1. The number of Topliss-reactive ketones (excluding diaryl/α,β-unsaturated/α-hetero) is 1. The maximum atomic E-state index is 11.9. The topological polar surface area (TPSA) is 43.4 Å². The lowest BCUT2D eigenvalue weighted by molar-refractivity contribution is -0.139. The van der Waals surface area contributed by atoms with E-state index in [0.717, 1.165) is 12.2 Å². The molecule has 0 bridgehead atoms. The van der Waals surface area contributed by atoms with E-state index in [2.05, 4.69) is 6.92 Å². The first-order chi connectivity index (χ1) is 10.2. The Balaban J connectivity index is 4.12. The first kappa shape index (κ1) is 20.6. The van der Waals surface area contributed by atoms with E-state index in [-0.39, 0.29) is 11.4 Å². The standard InChI is InChI=1S/C16H28O3S2/c1-4-6-7-8-9-10-11-21-12-14(15(17)13-20-3)16(18)19-5-2/h12H,4-11,13H2,1-3H3. The van der Waals surface area contributed by atoms with Crippen LogP contribution >= 0.6 is 23.5 Å². The summed E-state index contributed by atoms with van der Waals surface area (Å²) < 4.78 is 4.94. The molecule has 0 aromatic heterocycles. The fraction of sp³-hybridized carbons (Fsp3) is 0.750. The van der Waals surface area contributed by atoms with Crippen LogP contribution in [0, 0.1) is 0 Å². The molecule has 0 aliphatic heterocycles. The minimum atomic E-state index is -0.494. The van der Waals surface area contributed by atoms with Crippen molar-refractivity contribution in [3.63, 3.8) is 0 Å². The molecule has 0 aromatic rings. The van der Waals surface area contributed by atoms with Crippen molar-refractivity contribution in [2.75, 3.05) is 24.4 Å². The Morgan fingerprint density at radius 1 is 1.05 bits per heavy atom. The average molecular weight is 333 g/mol. The van der Waals surface area contributed by atoms with E-state index in [1.165, 1.54) is 43.9 Å². The second-order valence-corrected chi connectivity index (χ2v) is 6.59. The zero-order valence-electron chi connectivity index (χ0n) is 13.5. The highest BCUT2D eigenvalue weighted by Crippen LogP contribution is 2.15. The van der Waals surface area contributed by atoms with Gasteiger partial charge in [0.1, 0.15) is 5.57 Å². The van der Waals surface area contributed by atoms with E-state index >= 15 is 0 Å². The molecule has 0 heterocycles. The molecule has 0 rings (SSSR count). The number of ether oxygens (including phenoxy) is 1. The Labute approximate surface area is 137 Å². The molecule has 0 spiro atoms. The van der Waals surface area contributed by atoms with E-state index in [1.54, 1.807) is 24.1 Å². The summed E-state index contributed by atoms with van der Waals surface area (Å²) in [5, 5.41) is 1.68. The molecule has 0 aliphatic rings. The molecule has 0 radical (unpaired) electrons. The van der Waals surface area contributed by atoms with Crippen molar-refractivity contribution >= 4 is 35.3 Å². The number of unbranched alkanes of at least 4 members (excludes halogenated alkanes) is 5. The van der Waals surface area contributed by atoms with Gasteiger partial charge in [0.25, 0.3) is 0 Å². The fourth-order valence-electron chi connectivity index (χ4n) is 1.75. The van der Waals surface area contributed by atoms with E-state index in [1.807, 2.05) is 6.26 Å². The first-order valence-corrected chi connectivity index (χ1v) is 10.1. The van der Waals surface area contributed by atoms with Gasteiger partial charge in [-0.2, -0.15) is 11.8 Å². The van der Waals surface area contributed by atoms with Gasteiger partial charge in [0.2, 0.25) is 0 Å². The Bertz CT molecular complexity index is 307. The van der Waals surface area contributed by atoms with Gasteiger partial charge in [-0.15, -0.1) is 11.8 Å². The highest BCUT2D eigenvalue weighted by molar-refractivity contribution is 8.02. The van der Waals surface area contributed by atoms with Crippen molar-refractivity contribution in [1.29, 1.82) is 0 Å². The van der Waals surface area contributed by atoms with Crippen LogP contribution in [0.15, 0.2) is 11.0 Å². The molecule has 0 N–H and O–H groups in total. The predicted octanol–water partition coefficient (Wildman–Crippen LogP) is 4.46. The molecule has 0 saturated carbocycles. The number of esters is 1. The summed E-state index contributed by atoms with van der Waals surface area (Å²) >= 11 is 2.96. The summed E-state index contributed by atoms with van der Waals surface area (Å²) in [6.45, 7) is 4.26. The summed E-state index contributed by atoms with van der Waals surface area (Å²) in [5.74, 6) is 0.632. The van der Waals surface area contributed by atoms with E-state index in [4.69, 9.17) is 4.74 Å². The SMILES string of the molecule is CCCCCCCCSC=C(C(=O)CSC)C(=O)OCC. The second kappa shape index (κ2) is 14.5. The maximum Gasteiger partial charge on any atom is 0.342 e. The molecule has 0 aromatic carbocycles. The van der Waals surface area contributed by atoms with Crippen molar-refractivity contribution < 1.29 is 14.3 Å². The van der Waals surface area contributed by atoms with Gasteiger partial charge in [-0.1, -0.05) is 39.0 Å². The smallest absolute Gasteiger partial charge is 0.342 e. The van der Waals surface area contributed by atoms with E-state index in [0.29, 0.717) is 12.4 Å². The van der Waals surface area contributed by atoms with Gasteiger partial charge in [-0.05, 0) is 30.8 Å². The lowest BCUT2D eigenvalue weighted by atomic mass is 10.1. The van der Waals surface area contributed by atoms with Crippen LogP contribution in [0.1, 0.15) is 52.4 Å². The van der Waals surface area contributed by atoms with Crippen LogP contribution in [0.2, 0.25) is 0 Å². The van der Waals surface area contributed by atoms with Crippen LogP contribution in [-0.2, 0) is 14.3 Å². The summed E-state index contributed by atoms with van der Waals surface area (Å²) in [6.07, 6.45) is 9.34. The van der Waals surface area contributed by atoms with Crippen LogP contribution < -0.4 is 0 Å². The first-order valence-electron chi connectivity index (χ1n) is 7.68. The molecule has 21 heavy (non-hydrogen) atoms. The van der Waals surface area contributed by atoms with Crippen molar-refractivity contribution in [3.05, 3.63) is 11.0 Å².